The maximum Gasteiger partial charge on any atom is 0.261 e. The summed E-state index contributed by atoms with van der Waals surface area (Å²) in [7, 11) is 0. The molecule has 44 heavy (non-hydrogen) atoms. The minimum Gasteiger partial charge on any atom is -0.489 e. The van der Waals surface area contributed by atoms with Crippen molar-refractivity contribution in [2.75, 3.05) is 12.5 Å². The first-order chi connectivity index (χ1) is 21.2. The van der Waals surface area contributed by atoms with Crippen molar-refractivity contribution in [3.63, 3.8) is 0 Å². The van der Waals surface area contributed by atoms with Gasteiger partial charge in [0.2, 0.25) is 5.82 Å². The van der Waals surface area contributed by atoms with Crippen molar-refractivity contribution in [3.8, 4) is 23.6 Å². The zero-order chi connectivity index (χ0) is 31.4. The minimum absolute atomic E-state index is 0.0277. The number of fused-ring (bicyclic) bond motifs is 1. The summed E-state index contributed by atoms with van der Waals surface area (Å²) in [6.07, 6.45) is 0. The number of aromatic nitrogens is 2. The Hall–Kier alpha value is -4.96. The number of hydrogen-bond acceptors (Lipinski definition) is 8. The fraction of sp³-hybridized carbons (Fsp3) is 0.212. The van der Waals surface area contributed by atoms with E-state index in [1.165, 1.54) is 0 Å². The number of nitrogens with zero attached hydrogens (tertiary/aromatic N) is 5. The Bertz CT molecular complexity index is 1810. The van der Waals surface area contributed by atoms with E-state index in [0.29, 0.717) is 44.6 Å². The van der Waals surface area contributed by atoms with Gasteiger partial charge in [-0.05, 0) is 53.6 Å². The molecular weight excluding hydrogens is 601 g/mol. The third-order valence-electron chi connectivity index (χ3n) is 7.30. The average molecular weight is 626 g/mol. The van der Waals surface area contributed by atoms with E-state index in [1.54, 1.807) is 42.5 Å². The molecule has 9 nitrogen and oxygen atoms in total. The number of alkyl halides is 1. The number of carbonyl (C=O) groups is 2. The predicted molar refractivity (Wildman–Crippen MR) is 163 cm³/mol. The summed E-state index contributed by atoms with van der Waals surface area (Å²) in [6, 6.07) is 23.3. The van der Waals surface area contributed by atoms with Crippen LogP contribution in [-0.2, 0) is 18.6 Å². The van der Waals surface area contributed by atoms with Gasteiger partial charge in [-0.3, -0.25) is 14.5 Å². The standard InChI is InChI=1S/C33H25Cl2N5O4/c1-33(2,22-13-20(16-36)30(28(35)14-22)43-12-11-34)21-7-9-25(10-8-21)44-19-24-15-23(38-29(17-37)39-24)18-40-31(41)26-5-3-4-6-27(26)32(40)42/h3-10,13-15H,11-12,18-19H2,1-2H3. The first-order valence-corrected chi connectivity index (χ1v) is 14.5. The van der Waals surface area contributed by atoms with Crippen molar-refractivity contribution in [2.45, 2.75) is 32.4 Å². The molecule has 0 radical (unpaired) electrons. The van der Waals surface area contributed by atoms with Gasteiger partial charge < -0.3 is 9.47 Å². The maximum absolute atomic E-state index is 12.8. The third kappa shape index (κ3) is 6.07. The van der Waals surface area contributed by atoms with Gasteiger partial charge in [0.25, 0.3) is 11.8 Å². The van der Waals surface area contributed by atoms with Crippen LogP contribution in [0.4, 0.5) is 0 Å². The zero-order valence-corrected chi connectivity index (χ0v) is 25.3. The van der Waals surface area contributed by atoms with Gasteiger partial charge in [-0.1, -0.05) is 49.7 Å². The van der Waals surface area contributed by atoms with Gasteiger partial charge in [0.15, 0.2) is 5.75 Å². The normalized spacial score (nSPS) is 12.5. The van der Waals surface area contributed by atoms with E-state index in [9.17, 15) is 20.1 Å². The van der Waals surface area contributed by atoms with Crippen LogP contribution >= 0.6 is 23.2 Å². The van der Waals surface area contributed by atoms with Crippen molar-refractivity contribution in [1.82, 2.24) is 14.9 Å². The lowest BCUT2D eigenvalue weighted by Gasteiger charge is -2.27. The van der Waals surface area contributed by atoms with Crippen LogP contribution in [0.3, 0.4) is 0 Å². The number of halogens is 2. The largest absolute Gasteiger partial charge is 0.489 e. The monoisotopic (exact) mass is 625 g/mol. The second kappa shape index (κ2) is 12.7. The zero-order valence-electron chi connectivity index (χ0n) is 23.8. The molecule has 0 fully saturated rings. The molecule has 0 saturated heterocycles. The Labute approximate surface area is 264 Å². The molecule has 2 amide bonds. The summed E-state index contributed by atoms with van der Waals surface area (Å²) >= 11 is 12.2. The van der Waals surface area contributed by atoms with Gasteiger partial charge in [-0.25, -0.2) is 9.97 Å². The molecule has 0 N–H and O–H groups in total. The first-order valence-electron chi connectivity index (χ1n) is 13.5. The number of rotatable bonds is 10. The summed E-state index contributed by atoms with van der Waals surface area (Å²) in [5, 5.41) is 19.5. The van der Waals surface area contributed by atoms with Gasteiger partial charge in [0, 0.05) is 5.41 Å². The third-order valence-corrected chi connectivity index (χ3v) is 7.74. The summed E-state index contributed by atoms with van der Waals surface area (Å²) in [6.45, 7) is 4.21. The molecule has 1 aliphatic rings. The van der Waals surface area contributed by atoms with Gasteiger partial charge in [-0.2, -0.15) is 10.5 Å². The summed E-state index contributed by atoms with van der Waals surface area (Å²) in [5.41, 5.74) is 3.05. The first kappa shape index (κ1) is 30.5. The van der Waals surface area contributed by atoms with E-state index < -0.39 is 17.2 Å². The molecule has 0 unspecified atom stereocenters. The highest BCUT2D eigenvalue weighted by Gasteiger charge is 2.35. The van der Waals surface area contributed by atoms with E-state index in [1.807, 2.05) is 44.2 Å². The van der Waals surface area contributed by atoms with Crippen molar-refractivity contribution in [1.29, 1.82) is 10.5 Å². The Morgan fingerprint density at radius 1 is 0.864 bits per heavy atom. The number of benzene rings is 3. The lowest BCUT2D eigenvalue weighted by Crippen LogP contribution is -2.29. The lowest BCUT2D eigenvalue weighted by molar-refractivity contribution is 0.0640. The van der Waals surface area contributed by atoms with E-state index in [-0.39, 0.29) is 31.5 Å². The fourth-order valence-electron chi connectivity index (χ4n) is 4.92. The number of ether oxygens (including phenoxy) is 2. The SMILES string of the molecule is CC(C)(c1ccc(OCc2cc(CN3C(=O)c4ccccc4C3=O)nc(C#N)n2)cc1)c1cc(Cl)c(OCCCl)c(C#N)c1. The Morgan fingerprint density at radius 2 is 1.52 bits per heavy atom. The predicted octanol–water partition coefficient (Wildman–Crippen LogP) is 6.19. The second-order valence-electron chi connectivity index (χ2n) is 10.5. The maximum atomic E-state index is 12.8. The number of hydrogen-bond donors (Lipinski definition) is 0. The molecule has 5 rings (SSSR count). The van der Waals surface area contributed by atoms with Gasteiger partial charge in [-0.15, -0.1) is 11.6 Å². The van der Waals surface area contributed by atoms with Crippen molar-refractivity contribution >= 4 is 35.0 Å². The van der Waals surface area contributed by atoms with E-state index >= 15 is 0 Å². The van der Waals surface area contributed by atoms with Crippen LogP contribution < -0.4 is 9.47 Å². The summed E-state index contributed by atoms with van der Waals surface area (Å²) < 4.78 is 11.5. The molecule has 0 bridgehead atoms. The van der Waals surface area contributed by atoms with Crippen molar-refractivity contribution in [3.05, 3.63) is 117 Å². The van der Waals surface area contributed by atoms with Crippen LogP contribution in [0.15, 0.2) is 66.7 Å². The summed E-state index contributed by atoms with van der Waals surface area (Å²) in [5.74, 6) is 0.231. The minimum atomic E-state index is -0.508. The summed E-state index contributed by atoms with van der Waals surface area (Å²) in [4.78, 5) is 35.1. The highest BCUT2D eigenvalue weighted by molar-refractivity contribution is 6.32. The topological polar surface area (TPSA) is 129 Å². The molecule has 3 aromatic carbocycles. The second-order valence-corrected chi connectivity index (χ2v) is 11.2. The van der Waals surface area contributed by atoms with Crippen LogP contribution in [0.5, 0.6) is 11.5 Å². The number of imide groups is 1. The molecule has 220 valence electrons. The van der Waals surface area contributed by atoms with E-state index in [2.05, 4.69) is 16.0 Å². The Kier molecular flexibility index (Phi) is 8.82. The molecular formula is C33H25Cl2N5O4. The lowest BCUT2D eigenvalue weighted by atomic mass is 9.77. The highest BCUT2D eigenvalue weighted by Crippen LogP contribution is 2.38. The molecule has 11 heteroatoms. The van der Waals surface area contributed by atoms with Crippen LogP contribution in [0.25, 0.3) is 0 Å². The van der Waals surface area contributed by atoms with Gasteiger partial charge in [0.1, 0.15) is 31.1 Å². The molecule has 4 aromatic rings. The fourth-order valence-corrected chi connectivity index (χ4v) is 5.27. The number of nitriles is 2. The van der Waals surface area contributed by atoms with Crippen LogP contribution in [-0.4, -0.2) is 39.2 Å². The number of carbonyl (C=O) groups excluding carboxylic acids is 2. The van der Waals surface area contributed by atoms with Crippen LogP contribution in [0.2, 0.25) is 5.02 Å². The molecule has 0 saturated carbocycles. The van der Waals surface area contributed by atoms with Crippen LogP contribution in [0, 0.1) is 22.7 Å². The van der Waals surface area contributed by atoms with E-state index in [0.717, 1.165) is 16.0 Å². The molecule has 0 aliphatic carbocycles. The van der Waals surface area contributed by atoms with Crippen molar-refractivity contribution < 1.29 is 19.1 Å². The highest BCUT2D eigenvalue weighted by atomic mass is 35.5. The van der Waals surface area contributed by atoms with Gasteiger partial charge in [0.05, 0.1) is 45.5 Å². The smallest absolute Gasteiger partial charge is 0.261 e. The molecule has 1 aliphatic heterocycles. The van der Waals surface area contributed by atoms with Crippen LogP contribution in [0.1, 0.15) is 68.5 Å². The Balaban J connectivity index is 1.30. The molecule has 1 aromatic heterocycles. The molecule has 0 spiro atoms. The quantitative estimate of drug-likeness (QED) is 0.151. The average Bonchev–Trinajstić information content (AvgIpc) is 3.27. The number of amides is 2. The van der Waals surface area contributed by atoms with Gasteiger partial charge >= 0.3 is 0 Å². The molecule has 2 heterocycles. The Morgan fingerprint density at radius 3 is 2.14 bits per heavy atom. The van der Waals surface area contributed by atoms with E-state index in [4.69, 9.17) is 32.7 Å². The molecule has 0 atom stereocenters. The van der Waals surface area contributed by atoms with Crippen molar-refractivity contribution in [2.24, 2.45) is 0 Å².